The Hall–Kier alpha value is -9.75. The van der Waals surface area contributed by atoms with Crippen LogP contribution in [0.3, 0.4) is 0 Å². The molecule has 0 bridgehead atoms. The Balaban J connectivity index is 0.988. The normalized spacial score (nSPS) is 11.7. The van der Waals surface area contributed by atoms with Gasteiger partial charge in [-0.05, 0) is 75.8 Å². The number of hydrogen-bond donors (Lipinski definition) is 0. The van der Waals surface area contributed by atoms with Crippen molar-refractivity contribution in [1.29, 1.82) is 0 Å². The van der Waals surface area contributed by atoms with E-state index in [1.54, 1.807) is 0 Å². The van der Waals surface area contributed by atoms with Crippen LogP contribution in [0.25, 0.3) is 143 Å². The van der Waals surface area contributed by atoms with Crippen LogP contribution in [0.1, 0.15) is 0 Å². The topological polar surface area (TPSA) is 48.5 Å². The maximum Gasteiger partial charge on any atom is 0.166 e. The lowest BCUT2D eigenvalue weighted by Crippen LogP contribution is -2.04. The van der Waals surface area contributed by atoms with Gasteiger partial charge in [-0.25, -0.2) is 15.0 Å². The molecular formula is C69H43N5S. The van der Waals surface area contributed by atoms with Crippen LogP contribution in [-0.4, -0.2) is 24.1 Å². The standard InChI is InChI=1S/C69H43N5S/c1-4-20-44(21-5-1)47-26-18-28-49(42-47)67-70-68(58-33-11-10-30-51(58)46-24-8-3-9-25-46)72-69(71-67)59-34-14-17-37-62(59)74-61-36-16-13-32-53(61)55-39-41-57-56-40-38-54-52-31-12-15-35-60(52)73(63(54)65(56)75-66(57)64(55)74)50-29-19-27-48(43-50)45-22-6-2-7-23-45/h1-43H. The lowest BCUT2D eigenvalue weighted by Gasteiger charge is -2.16. The predicted octanol–water partition coefficient (Wildman–Crippen LogP) is 18.4. The summed E-state index contributed by atoms with van der Waals surface area (Å²) in [4.78, 5) is 16.3. The number of benzene rings is 11. The zero-order valence-corrected chi connectivity index (χ0v) is 41.3. The van der Waals surface area contributed by atoms with E-state index in [9.17, 15) is 0 Å². The van der Waals surface area contributed by atoms with Crippen LogP contribution >= 0.6 is 11.3 Å². The van der Waals surface area contributed by atoms with Crippen LogP contribution in [-0.2, 0) is 0 Å². The van der Waals surface area contributed by atoms with Gasteiger partial charge in [-0.3, -0.25) is 0 Å². The molecule has 0 unspecified atom stereocenters. The van der Waals surface area contributed by atoms with Crippen LogP contribution in [0.5, 0.6) is 0 Å². The third-order valence-corrected chi connectivity index (χ3v) is 16.0. The molecule has 15 aromatic rings. The summed E-state index contributed by atoms with van der Waals surface area (Å²) in [7, 11) is 0. The van der Waals surface area contributed by atoms with Gasteiger partial charge < -0.3 is 9.13 Å². The van der Waals surface area contributed by atoms with E-state index < -0.39 is 0 Å². The van der Waals surface area contributed by atoms with Crippen LogP contribution in [0, 0.1) is 0 Å². The predicted molar refractivity (Wildman–Crippen MR) is 314 cm³/mol. The molecule has 0 spiro atoms. The van der Waals surface area contributed by atoms with Crippen molar-refractivity contribution in [2.45, 2.75) is 0 Å². The third kappa shape index (κ3) is 7.03. The van der Waals surface area contributed by atoms with E-state index in [1.807, 2.05) is 17.4 Å². The van der Waals surface area contributed by atoms with Crippen LogP contribution < -0.4 is 0 Å². The van der Waals surface area contributed by atoms with E-state index in [-0.39, 0.29) is 0 Å². The Labute approximate surface area is 436 Å². The summed E-state index contributed by atoms with van der Waals surface area (Å²) in [6.07, 6.45) is 0. The first-order valence-electron chi connectivity index (χ1n) is 25.3. The monoisotopic (exact) mass is 973 g/mol. The molecule has 0 saturated carbocycles. The fraction of sp³-hybridized carbons (Fsp3) is 0. The number of para-hydroxylation sites is 3. The quantitative estimate of drug-likeness (QED) is 0.152. The van der Waals surface area contributed by atoms with Crippen molar-refractivity contribution in [3.63, 3.8) is 0 Å². The highest BCUT2D eigenvalue weighted by molar-refractivity contribution is 7.27. The number of aromatic nitrogens is 5. The van der Waals surface area contributed by atoms with Crippen molar-refractivity contribution >= 4 is 75.1 Å². The van der Waals surface area contributed by atoms with Gasteiger partial charge >= 0.3 is 0 Å². The Morgan fingerprint density at radius 1 is 0.267 bits per heavy atom. The maximum atomic E-state index is 5.48. The molecule has 5 nitrogen and oxygen atoms in total. The Bertz CT molecular complexity index is 4700. The molecule has 15 rings (SSSR count). The van der Waals surface area contributed by atoms with E-state index in [4.69, 9.17) is 15.0 Å². The lowest BCUT2D eigenvalue weighted by molar-refractivity contribution is 1.07. The van der Waals surface area contributed by atoms with Gasteiger partial charge in [-0.1, -0.05) is 218 Å². The summed E-state index contributed by atoms with van der Waals surface area (Å²) in [5.41, 5.74) is 16.3. The highest BCUT2D eigenvalue weighted by atomic mass is 32.1. The van der Waals surface area contributed by atoms with Gasteiger partial charge in [-0.2, -0.15) is 0 Å². The molecule has 0 N–H and O–H groups in total. The number of hydrogen-bond acceptors (Lipinski definition) is 4. The zero-order chi connectivity index (χ0) is 49.4. The highest BCUT2D eigenvalue weighted by Crippen LogP contribution is 2.48. The molecule has 11 aromatic carbocycles. The average Bonchev–Trinajstić information content (AvgIpc) is 4.17. The summed E-state index contributed by atoms with van der Waals surface area (Å²) in [5, 5.41) is 7.31. The Kier molecular flexibility index (Phi) is 10.00. The first-order chi connectivity index (χ1) is 37.2. The lowest BCUT2D eigenvalue weighted by atomic mass is 9.99. The summed E-state index contributed by atoms with van der Waals surface area (Å²) in [6.45, 7) is 0. The molecule has 4 heterocycles. The van der Waals surface area contributed by atoms with E-state index >= 15 is 0 Å². The van der Waals surface area contributed by atoms with Gasteiger partial charge in [-0.15, -0.1) is 11.3 Å². The molecule has 0 aliphatic rings. The van der Waals surface area contributed by atoms with Crippen molar-refractivity contribution < 1.29 is 0 Å². The molecule has 0 radical (unpaired) electrons. The second-order valence-electron chi connectivity index (χ2n) is 19.1. The average molecular weight is 974 g/mol. The van der Waals surface area contributed by atoms with Crippen molar-refractivity contribution in [3.8, 4) is 78.9 Å². The molecular weight excluding hydrogens is 931 g/mol. The molecule has 6 heteroatoms. The van der Waals surface area contributed by atoms with Crippen LogP contribution in [0.2, 0.25) is 0 Å². The van der Waals surface area contributed by atoms with E-state index in [0.29, 0.717) is 17.5 Å². The second kappa shape index (κ2) is 17.5. The van der Waals surface area contributed by atoms with Gasteiger partial charge in [0.25, 0.3) is 0 Å². The fourth-order valence-electron chi connectivity index (χ4n) is 11.4. The minimum atomic E-state index is 0.594. The van der Waals surface area contributed by atoms with Gasteiger partial charge in [0.05, 0.1) is 37.2 Å². The minimum absolute atomic E-state index is 0.594. The first kappa shape index (κ1) is 42.9. The third-order valence-electron chi connectivity index (χ3n) is 14.8. The molecule has 0 saturated heterocycles. The summed E-state index contributed by atoms with van der Waals surface area (Å²) >= 11 is 1.89. The number of rotatable bonds is 8. The molecule has 350 valence electrons. The molecule has 0 fully saturated rings. The largest absolute Gasteiger partial charge is 0.308 e. The van der Waals surface area contributed by atoms with Gasteiger partial charge in [0.1, 0.15) is 0 Å². The molecule has 0 atom stereocenters. The van der Waals surface area contributed by atoms with Crippen molar-refractivity contribution in [3.05, 3.63) is 261 Å². The van der Waals surface area contributed by atoms with E-state index in [2.05, 4.69) is 264 Å². The Morgan fingerprint density at radius 3 is 1.36 bits per heavy atom. The van der Waals surface area contributed by atoms with Crippen molar-refractivity contribution in [1.82, 2.24) is 24.1 Å². The van der Waals surface area contributed by atoms with Gasteiger partial charge in [0, 0.05) is 54.7 Å². The minimum Gasteiger partial charge on any atom is -0.308 e. The molecule has 4 aromatic heterocycles. The van der Waals surface area contributed by atoms with Crippen molar-refractivity contribution in [2.75, 3.05) is 0 Å². The summed E-state index contributed by atoms with van der Waals surface area (Å²) < 4.78 is 7.42. The smallest absolute Gasteiger partial charge is 0.166 e. The van der Waals surface area contributed by atoms with Gasteiger partial charge in [0.2, 0.25) is 0 Å². The highest BCUT2D eigenvalue weighted by Gasteiger charge is 2.25. The number of nitrogens with zero attached hydrogens (tertiary/aromatic N) is 5. The second-order valence-corrected chi connectivity index (χ2v) is 20.1. The zero-order valence-electron chi connectivity index (χ0n) is 40.5. The van der Waals surface area contributed by atoms with E-state index in [1.165, 1.54) is 63.9 Å². The number of fused-ring (bicyclic) bond motifs is 11. The summed E-state index contributed by atoms with van der Waals surface area (Å²) in [6, 6.07) is 93.2. The molecule has 0 aliphatic heterocycles. The molecule has 75 heavy (non-hydrogen) atoms. The van der Waals surface area contributed by atoms with E-state index in [0.717, 1.165) is 61.4 Å². The van der Waals surface area contributed by atoms with Crippen LogP contribution in [0.15, 0.2) is 261 Å². The number of thiophene rings is 1. The first-order valence-corrected chi connectivity index (χ1v) is 26.2. The molecule has 0 aliphatic carbocycles. The Morgan fingerprint density at radius 2 is 0.707 bits per heavy atom. The van der Waals surface area contributed by atoms with Gasteiger partial charge in [0.15, 0.2) is 17.5 Å². The van der Waals surface area contributed by atoms with Crippen molar-refractivity contribution in [2.24, 2.45) is 0 Å². The SMILES string of the molecule is c1ccc(-c2cccc(-c3nc(-c4ccccc4-c4ccccc4)nc(-c4ccccc4-n4c5ccccc5c5ccc6c7ccc8c9ccccc9n(-c9cccc(-c%10ccccc%10)c9)c8c7sc6c54)n3)c2)cc1. The fourth-order valence-corrected chi connectivity index (χ4v) is 12.8. The molecule has 0 amide bonds. The van der Waals surface area contributed by atoms with Crippen LogP contribution in [0.4, 0.5) is 0 Å². The summed E-state index contributed by atoms with van der Waals surface area (Å²) in [5.74, 6) is 1.81. The maximum absolute atomic E-state index is 5.48.